The van der Waals surface area contributed by atoms with Crippen LogP contribution in [0.15, 0.2) is 18.2 Å². The Hall–Kier alpha value is -1.62. The molecule has 1 rings (SSSR count). The Balaban J connectivity index is 3.10. The van der Waals surface area contributed by atoms with E-state index in [1.807, 2.05) is 31.9 Å². The quantitative estimate of drug-likeness (QED) is 0.644. The van der Waals surface area contributed by atoms with E-state index in [2.05, 4.69) is 0 Å². The first-order valence-electron chi connectivity index (χ1n) is 5.94. The number of nitrogens with two attached hydrogens (primary N) is 1. The Kier molecular flexibility index (Phi) is 4.29. The van der Waals surface area contributed by atoms with Gasteiger partial charge in [0.25, 0.3) is 5.69 Å². The first kappa shape index (κ1) is 14.4. The van der Waals surface area contributed by atoms with Crippen LogP contribution in [0.1, 0.15) is 19.4 Å². The molecule has 100 valence electrons. The van der Waals surface area contributed by atoms with E-state index >= 15 is 0 Å². The van der Waals surface area contributed by atoms with Crippen LogP contribution < -0.4 is 10.6 Å². The van der Waals surface area contributed by atoms with Crippen molar-refractivity contribution in [2.75, 3.05) is 25.0 Å². The average Bonchev–Trinajstić information content (AvgIpc) is 2.27. The monoisotopic (exact) mass is 251 g/mol. The molecule has 5 heteroatoms. The average molecular weight is 251 g/mol. The minimum Gasteiger partial charge on any atom is -0.368 e. The standard InChI is InChI=1S/C13H21N3O2/c1-10-6-5-7-11(12(10)16(17)18)15(4)9-13(2,3)8-14/h5-7H,8-9,14H2,1-4H3. The molecule has 0 heterocycles. The Bertz CT molecular complexity index is 444. The van der Waals surface area contributed by atoms with Gasteiger partial charge in [0.2, 0.25) is 0 Å². The molecule has 0 unspecified atom stereocenters. The van der Waals surface area contributed by atoms with E-state index in [-0.39, 0.29) is 16.0 Å². The number of nitrogens with zero attached hydrogens (tertiary/aromatic N) is 2. The molecule has 18 heavy (non-hydrogen) atoms. The van der Waals surface area contributed by atoms with Crippen molar-refractivity contribution >= 4 is 11.4 Å². The molecule has 1 aromatic rings. The molecule has 0 atom stereocenters. The molecule has 2 N–H and O–H groups in total. The van der Waals surface area contributed by atoms with Crippen molar-refractivity contribution in [2.24, 2.45) is 11.1 Å². The van der Waals surface area contributed by atoms with Gasteiger partial charge in [0.15, 0.2) is 0 Å². The van der Waals surface area contributed by atoms with Crippen LogP contribution in [0.3, 0.4) is 0 Å². The Morgan fingerprint density at radius 1 is 1.44 bits per heavy atom. The van der Waals surface area contributed by atoms with Crippen LogP contribution in [0.2, 0.25) is 0 Å². The lowest BCUT2D eigenvalue weighted by Crippen LogP contribution is -2.37. The highest BCUT2D eigenvalue weighted by molar-refractivity contribution is 5.66. The minimum absolute atomic E-state index is 0.0770. The zero-order chi connectivity index (χ0) is 13.9. The number of aryl methyl sites for hydroxylation is 1. The van der Waals surface area contributed by atoms with Crippen molar-refractivity contribution in [3.8, 4) is 0 Å². The number of nitro groups is 1. The molecule has 0 saturated heterocycles. The molecule has 0 bridgehead atoms. The van der Waals surface area contributed by atoms with Crippen LogP contribution in [-0.2, 0) is 0 Å². The minimum atomic E-state index is -0.323. The van der Waals surface area contributed by atoms with E-state index in [4.69, 9.17) is 5.73 Å². The number of rotatable bonds is 5. The van der Waals surface area contributed by atoms with Gasteiger partial charge in [-0.3, -0.25) is 10.1 Å². The van der Waals surface area contributed by atoms with Crippen molar-refractivity contribution in [3.63, 3.8) is 0 Å². The number of hydrogen-bond donors (Lipinski definition) is 1. The molecule has 0 aliphatic rings. The lowest BCUT2D eigenvalue weighted by molar-refractivity contribution is -0.384. The molecule has 5 nitrogen and oxygen atoms in total. The zero-order valence-corrected chi connectivity index (χ0v) is 11.4. The summed E-state index contributed by atoms with van der Waals surface area (Å²) in [7, 11) is 1.86. The van der Waals surface area contributed by atoms with Crippen LogP contribution in [0.4, 0.5) is 11.4 Å². The summed E-state index contributed by atoms with van der Waals surface area (Å²) in [4.78, 5) is 12.7. The molecule has 0 radical (unpaired) electrons. The van der Waals surface area contributed by atoms with E-state index in [1.54, 1.807) is 19.1 Å². The number of benzene rings is 1. The third kappa shape index (κ3) is 3.20. The van der Waals surface area contributed by atoms with Crippen LogP contribution in [-0.4, -0.2) is 25.1 Å². The van der Waals surface area contributed by atoms with Crippen molar-refractivity contribution in [1.82, 2.24) is 0 Å². The summed E-state index contributed by atoms with van der Waals surface area (Å²) in [6.07, 6.45) is 0. The second-order valence-corrected chi connectivity index (χ2v) is 5.42. The molecule has 0 saturated carbocycles. The molecule has 0 amide bonds. The van der Waals surface area contributed by atoms with Gasteiger partial charge in [0.1, 0.15) is 5.69 Å². The van der Waals surface area contributed by atoms with Crippen LogP contribution in [0, 0.1) is 22.5 Å². The smallest absolute Gasteiger partial charge is 0.295 e. The third-order valence-corrected chi connectivity index (χ3v) is 3.03. The molecular weight excluding hydrogens is 230 g/mol. The second-order valence-electron chi connectivity index (χ2n) is 5.42. The van der Waals surface area contributed by atoms with E-state index in [0.29, 0.717) is 24.3 Å². The van der Waals surface area contributed by atoms with Crippen molar-refractivity contribution < 1.29 is 4.92 Å². The van der Waals surface area contributed by atoms with Gasteiger partial charge < -0.3 is 10.6 Å². The molecule has 0 fully saturated rings. The highest BCUT2D eigenvalue weighted by Gasteiger charge is 2.24. The first-order chi connectivity index (χ1) is 8.28. The van der Waals surface area contributed by atoms with E-state index in [9.17, 15) is 10.1 Å². The molecule has 0 aromatic heterocycles. The summed E-state index contributed by atoms with van der Waals surface area (Å²) in [6.45, 7) is 7.06. The van der Waals surface area contributed by atoms with Gasteiger partial charge >= 0.3 is 0 Å². The largest absolute Gasteiger partial charge is 0.368 e. The summed E-state index contributed by atoms with van der Waals surface area (Å²) < 4.78 is 0. The maximum Gasteiger partial charge on any atom is 0.295 e. The SMILES string of the molecule is Cc1cccc(N(C)CC(C)(C)CN)c1[N+](=O)[O-]. The zero-order valence-electron chi connectivity index (χ0n) is 11.4. The van der Waals surface area contributed by atoms with E-state index < -0.39 is 0 Å². The van der Waals surface area contributed by atoms with E-state index in [0.717, 1.165) is 0 Å². The Labute approximate surface area is 108 Å². The van der Waals surface area contributed by atoms with Crippen LogP contribution >= 0.6 is 0 Å². The van der Waals surface area contributed by atoms with Crippen molar-refractivity contribution in [3.05, 3.63) is 33.9 Å². The summed E-state index contributed by atoms with van der Waals surface area (Å²) in [6, 6.07) is 5.37. The fourth-order valence-electron chi connectivity index (χ4n) is 1.98. The van der Waals surface area contributed by atoms with Gasteiger partial charge in [-0.2, -0.15) is 0 Å². The van der Waals surface area contributed by atoms with Crippen LogP contribution in [0.25, 0.3) is 0 Å². The number of anilines is 1. The Morgan fingerprint density at radius 2 is 2.06 bits per heavy atom. The fraction of sp³-hybridized carbons (Fsp3) is 0.538. The van der Waals surface area contributed by atoms with Crippen molar-refractivity contribution in [2.45, 2.75) is 20.8 Å². The lowest BCUT2D eigenvalue weighted by Gasteiger charge is -2.30. The fourth-order valence-corrected chi connectivity index (χ4v) is 1.98. The Morgan fingerprint density at radius 3 is 2.56 bits per heavy atom. The molecule has 1 aromatic carbocycles. The summed E-state index contributed by atoms with van der Waals surface area (Å²) in [5, 5.41) is 11.1. The predicted molar refractivity (Wildman–Crippen MR) is 73.9 cm³/mol. The normalized spacial score (nSPS) is 11.4. The van der Waals surface area contributed by atoms with Crippen molar-refractivity contribution in [1.29, 1.82) is 0 Å². The summed E-state index contributed by atoms with van der Waals surface area (Å²) in [5.74, 6) is 0. The van der Waals surface area contributed by atoms with Gasteiger partial charge in [0.05, 0.1) is 4.92 Å². The molecular formula is C13H21N3O2. The van der Waals surface area contributed by atoms with Gasteiger partial charge in [-0.15, -0.1) is 0 Å². The summed E-state index contributed by atoms with van der Waals surface area (Å²) >= 11 is 0. The molecule has 0 aliphatic carbocycles. The maximum absolute atomic E-state index is 11.1. The van der Waals surface area contributed by atoms with E-state index in [1.165, 1.54) is 0 Å². The first-order valence-corrected chi connectivity index (χ1v) is 5.94. The topological polar surface area (TPSA) is 72.4 Å². The lowest BCUT2D eigenvalue weighted by atomic mass is 9.93. The number of para-hydroxylation sites is 1. The number of nitro benzene ring substituents is 1. The maximum atomic E-state index is 11.1. The molecule has 0 aliphatic heterocycles. The second kappa shape index (κ2) is 5.35. The highest BCUT2D eigenvalue weighted by atomic mass is 16.6. The van der Waals surface area contributed by atoms with Crippen LogP contribution in [0.5, 0.6) is 0 Å². The predicted octanol–water partition coefficient (Wildman–Crippen LogP) is 2.32. The van der Waals surface area contributed by atoms with Gasteiger partial charge in [0, 0.05) is 19.2 Å². The highest BCUT2D eigenvalue weighted by Crippen LogP contribution is 2.32. The third-order valence-electron chi connectivity index (χ3n) is 3.03. The van der Waals surface area contributed by atoms with Gasteiger partial charge in [-0.1, -0.05) is 26.0 Å². The summed E-state index contributed by atoms with van der Waals surface area (Å²) in [5.41, 5.74) is 7.11. The van der Waals surface area contributed by atoms with Gasteiger partial charge in [-0.25, -0.2) is 0 Å². The van der Waals surface area contributed by atoms with Gasteiger partial charge in [-0.05, 0) is 24.9 Å². The molecule has 0 spiro atoms. The number of hydrogen-bond acceptors (Lipinski definition) is 4.